The Balaban J connectivity index is 1.38. The van der Waals surface area contributed by atoms with Crippen LogP contribution in [-0.4, -0.2) is 6.21 Å². The second-order valence-corrected chi connectivity index (χ2v) is 11.3. The molecule has 7 aromatic carbocycles. The predicted octanol–water partition coefficient (Wildman–Crippen LogP) is 11.9. The first-order chi connectivity index (χ1) is 21.6. The minimum Gasteiger partial charge on any atom is -0.309 e. The normalized spacial score (nSPS) is 11.5. The van der Waals surface area contributed by atoms with Gasteiger partial charge in [-0.3, -0.25) is 0 Å². The Bertz CT molecular complexity index is 2160. The summed E-state index contributed by atoms with van der Waals surface area (Å²) < 4.78 is 0. The third-order valence-corrected chi connectivity index (χ3v) is 8.69. The molecule has 0 fully saturated rings. The van der Waals surface area contributed by atoms with E-state index in [4.69, 9.17) is 5.41 Å². The van der Waals surface area contributed by atoms with Crippen molar-refractivity contribution in [1.29, 1.82) is 5.41 Å². The first-order valence-electron chi connectivity index (χ1n) is 15.2. The summed E-state index contributed by atoms with van der Waals surface area (Å²) in [6, 6.07) is 48.9. The zero-order chi connectivity index (χ0) is 30.0. The van der Waals surface area contributed by atoms with Gasteiger partial charge >= 0.3 is 0 Å². The molecule has 0 bridgehead atoms. The van der Waals surface area contributed by atoms with Gasteiger partial charge in [0.05, 0.1) is 0 Å². The highest BCUT2D eigenvalue weighted by Crippen LogP contribution is 2.44. The highest BCUT2D eigenvalue weighted by molar-refractivity contribution is 6.21. The van der Waals surface area contributed by atoms with Crippen molar-refractivity contribution in [2.24, 2.45) is 0 Å². The van der Waals surface area contributed by atoms with Crippen molar-refractivity contribution in [3.05, 3.63) is 163 Å². The van der Waals surface area contributed by atoms with Crippen LogP contribution in [0, 0.1) is 5.41 Å². The summed E-state index contributed by atoms with van der Waals surface area (Å²) >= 11 is 0. The largest absolute Gasteiger partial charge is 0.309 e. The lowest BCUT2D eigenvalue weighted by Crippen LogP contribution is -1.91. The molecule has 0 aromatic heterocycles. The molecule has 0 amide bonds. The van der Waals surface area contributed by atoms with E-state index in [0.29, 0.717) is 0 Å². The lowest BCUT2D eigenvalue weighted by atomic mass is 9.85. The highest BCUT2D eigenvalue weighted by Gasteiger charge is 2.16. The first-order valence-corrected chi connectivity index (χ1v) is 15.2. The van der Waals surface area contributed by atoms with Gasteiger partial charge in [0.1, 0.15) is 0 Å². The molecule has 0 saturated carbocycles. The minimum atomic E-state index is 0.895. The second kappa shape index (κ2) is 11.6. The fourth-order valence-electron chi connectivity index (χ4n) is 6.38. The van der Waals surface area contributed by atoms with Crippen molar-refractivity contribution < 1.29 is 0 Å². The van der Waals surface area contributed by atoms with Crippen molar-refractivity contribution in [2.75, 3.05) is 0 Å². The zero-order valence-corrected chi connectivity index (χ0v) is 24.8. The van der Waals surface area contributed by atoms with Crippen molar-refractivity contribution in [1.82, 2.24) is 0 Å². The quantitative estimate of drug-likeness (QED) is 0.113. The van der Waals surface area contributed by atoms with Gasteiger partial charge in [0.2, 0.25) is 0 Å². The summed E-state index contributed by atoms with van der Waals surface area (Å²) in [5, 5.41) is 14.7. The van der Waals surface area contributed by atoms with E-state index < -0.39 is 0 Å². The number of rotatable bonds is 7. The van der Waals surface area contributed by atoms with Gasteiger partial charge in [0, 0.05) is 6.21 Å². The van der Waals surface area contributed by atoms with Gasteiger partial charge in [-0.1, -0.05) is 141 Å². The molecule has 0 radical (unpaired) electrons. The third-order valence-electron chi connectivity index (χ3n) is 8.69. The van der Waals surface area contributed by atoms with E-state index in [1.165, 1.54) is 77.5 Å². The predicted molar refractivity (Wildman–Crippen MR) is 192 cm³/mol. The summed E-state index contributed by atoms with van der Waals surface area (Å²) in [5.41, 5.74) is 10.7. The maximum Gasteiger partial charge on any atom is 0.0177 e. The molecule has 0 aliphatic heterocycles. The first kappa shape index (κ1) is 27.3. The van der Waals surface area contributed by atoms with E-state index in [-0.39, 0.29) is 0 Å². The smallest absolute Gasteiger partial charge is 0.0177 e. The van der Waals surface area contributed by atoms with E-state index in [0.717, 1.165) is 17.6 Å². The molecule has 0 unspecified atom stereocenters. The molecule has 0 aliphatic rings. The van der Waals surface area contributed by atoms with Crippen LogP contribution in [-0.2, 0) is 6.42 Å². The molecule has 0 heterocycles. The number of hydrogen-bond donors (Lipinski definition) is 1. The van der Waals surface area contributed by atoms with Crippen LogP contribution in [0.1, 0.15) is 18.1 Å². The van der Waals surface area contributed by atoms with Gasteiger partial charge < -0.3 is 5.41 Å². The van der Waals surface area contributed by atoms with E-state index in [9.17, 15) is 0 Å². The zero-order valence-electron chi connectivity index (χ0n) is 24.8. The molecule has 7 rings (SSSR count). The molecule has 7 aromatic rings. The molecule has 0 spiro atoms. The average Bonchev–Trinajstić information content (AvgIpc) is 3.09. The summed E-state index contributed by atoms with van der Waals surface area (Å²) in [7, 11) is 0. The molecule has 1 nitrogen and oxygen atoms in total. The van der Waals surface area contributed by atoms with E-state index >= 15 is 0 Å². The van der Waals surface area contributed by atoms with Gasteiger partial charge in [-0.25, -0.2) is 0 Å². The molecule has 1 N–H and O–H groups in total. The molecule has 44 heavy (non-hydrogen) atoms. The number of fused-ring (bicyclic) bond motifs is 3. The number of benzene rings is 7. The molecule has 210 valence electrons. The number of hydrogen-bond acceptors (Lipinski definition) is 1. The Hall–Kier alpha value is -5.53. The number of aryl methyl sites for hydroxylation is 1. The molecular formula is C43H33N. The lowest BCUT2D eigenvalue weighted by Gasteiger charge is -2.18. The van der Waals surface area contributed by atoms with E-state index in [2.05, 4.69) is 147 Å². The molecular weight excluding hydrogens is 530 g/mol. The Kier molecular flexibility index (Phi) is 7.22. The monoisotopic (exact) mass is 563 g/mol. The van der Waals surface area contributed by atoms with Gasteiger partial charge in [-0.15, -0.1) is 0 Å². The maximum absolute atomic E-state index is 7.22. The summed E-state index contributed by atoms with van der Waals surface area (Å²) in [6.07, 6.45) is 5.87. The van der Waals surface area contributed by atoms with Crippen LogP contribution in [0.3, 0.4) is 0 Å². The van der Waals surface area contributed by atoms with Crippen LogP contribution in [0.2, 0.25) is 0 Å². The summed E-state index contributed by atoms with van der Waals surface area (Å²) in [5.74, 6) is 0. The van der Waals surface area contributed by atoms with E-state index in [1.54, 1.807) is 6.08 Å². The molecule has 0 saturated heterocycles. The molecule has 0 atom stereocenters. The summed E-state index contributed by atoms with van der Waals surface area (Å²) in [4.78, 5) is 0. The second-order valence-electron chi connectivity index (χ2n) is 11.3. The maximum atomic E-state index is 7.22. The van der Waals surface area contributed by atoms with Crippen molar-refractivity contribution in [2.45, 2.75) is 13.3 Å². The van der Waals surface area contributed by atoms with Crippen molar-refractivity contribution in [3.8, 4) is 33.4 Å². The number of allylic oxidation sites excluding steroid dienone is 3. The minimum absolute atomic E-state index is 0.895. The SMILES string of the molecule is C=C(/C=C\C=N)c1ccc(-c2ccc3ccc(-c4c5ccccc5c(-c5ccc(CC)cc5)c5ccccc45)cc3c2)cc1. The molecule has 1 heteroatoms. The topological polar surface area (TPSA) is 23.9 Å². The third kappa shape index (κ3) is 4.93. The Morgan fingerprint density at radius 3 is 1.64 bits per heavy atom. The van der Waals surface area contributed by atoms with Crippen LogP contribution in [0.4, 0.5) is 0 Å². The van der Waals surface area contributed by atoms with Gasteiger partial charge in [-0.05, 0) is 107 Å². The van der Waals surface area contributed by atoms with Crippen molar-refractivity contribution in [3.63, 3.8) is 0 Å². The average molecular weight is 564 g/mol. The Labute approximate surface area is 259 Å². The highest BCUT2D eigenvalue weighted by atomic mass is 14.3. The number of nitrogens with one attached hydrogen (secondary N) is 1. The van der Waals surface area contributed by atoms with Crippen molar-refractivity contribution >= 4 is 44.1 Å². The van der Waals surface area contributed by atoms with Crippen LogP contribution in [0.15, 0.2) is 152 Å². The van der Waals surface area contributed by atoms with Crippen LogP contribution < -0.4 is 0 Å². The van der Waals surface area contributed by atoms with Gasteiger partial charge in [0.25, 0.3) is 0 Å². The van der Waals surface area contributed by atoms with E-state index in [1.807, 2.05) is 6.08 Å². The standard InChI is InChI=1S/C43H33N/c1-3-30-14-16-34(17-15-30)42-38-10-4-6-12-40(38)43(41-13-7-5-11-39(41)42)36-25-23-33-22-24-35(27-37(33)28-36)32-20-18-31(19-21-32)29(2)9-8-26-44/h4-28,44H,2-3H2,1H3/b9-8-,44-26?. The fourth-order valence-corrected chi connectivity index (χ4v) is 6.38. The summed E-state index contributed by atoms with van der Waals surface area (Å²) in [6.45, 7) is 6.33. The molecule has 0 aliphatic carbocycles. The van der Waals surface area contributed by atoms with Gasteiger partial charge in [-0.2, -0.15) is 0 Å². The van der Waals surface area contributed by atoms with Crippen LogP contribution in [0.25, 0.3) is 71.3 Å². The Morgan fingerprint density at radius 1 is 0.568 bits per heavy atom. The fraction of sp³-hybridized carbons (Fsp3) is 0.0465. The van der Waals surface area contributed by atoms with Crippen LogP contribution in [0.5, 0.6) is 0 Å². The lowest BCUT2D eigenvalue weighted by molar-refractivity contribution is 1.14. The van der Waals surface area contributed by atoms with Gasteiger partial charge in [0.15, 0.2) is 0 Å². The van der Waals surface area contributed by atoms with Crippen LogP contribution >= 0.6 is 0 Å². The Morgan fingerprint density at radius 2 is 1.07 bits per heavy atom.